The van der Waals surface area contributed by atoms with Crippen molar-refractivity contribution in [3.8, 4) is 0 Å². The first kappa shape index (κ1) is 16.2. The normalized spacial score (nSPS) is 11.7. The first-order valence-electron chi connectivity index (χ1n) is 6.24. The third-order valence-electron chi connectivity index (χ3n) is 2.81. The first-order valence-corrected chi connectivity index (χ1v) is 7.43. The van der Waals surface area contributed by atoms with Crippen LogP contribution in [0.15, 0.2) is 52.3 Å². The van der Waals surface area contributed by atoms with Gasteiger partial charge in [0.2, 0.25) is 0 Å². The van der Waals surface area contributed by atoms with Gasteiger partial charge in [-0.15, -0.1) is 0 Å². The van der Waals surface area contributed by atoms with Crippen LogP contribution in [-0.4, -0.2) is 6.54 Å². The highest BCUT2D eigenvalue weighted by Gasteiger charge is 2.33. The molecule has 0 fully saturated rings. The van der Waals surface area contributed by atoms with E-state index < -0.39 is 11.7 Å². The minimum Gasteiger partial charge on any atom is -0.330 e. The van der Waals surface area contributed by atoms with Crippen molar-refractivity contribution in [1.29, 1.82) is 0 Å². The third kappa shape index (κ3) is 4.40. The summed E-state index contributed by atoms with van der Waals surface area (Å²) in [5.74, 6) is 0. The van der Waals surface area contributed by atoms with E-state index in [4.69, 9.17) is 17.3 Å². The summed E-state index contributed by atoms with van der Waals surface area (Å²) in [7, 11) is 0. The Morgan fingerprint density at radius 1 is 1.10 bits per heavy atom. The number of halogens is 4. The highest BCUT2D eigenvalue weighted by molar-refractivity contribution is 7.99. The Hall–Kier alpha value is -1.17. The molecule has 0 aliphatic heterocycles. The van der Waals surface area contributed by atoms with E-state index in [0.29, 0.717) is 28.4 Å². The second-order valence-corrected chi connectivity index (χ2v) is 5.98. The lowest BCUT2D eigenvalue weighted by molar-refractivity contribution is -0.139. The molecule has 0 amide bonds. The number of hydrogen-bond acceptors (Lipinski definition) is 2. The van der Waals surface area contributed by atoms with Gasteiger partial charge in [-0.25, -0.2) is 0 Å². The van der Waals surface area contributed by atoms with E-state index in [1.54, 1.807) is 30.3 Å². The lowest BCUT2D eigenvalue weighted by Crippen LogP contribution is -2.09. The van der Waals surface area contributed by atoms with Crippen LogP contribution in [0.2, 0.25) is 5.02 Å². The molecule has 2 aromatic rings. The van der Waals surface area contributed by atoms with Crippen molar-refractivity contribution in [2.24, 2.45) is 5.73 Å². The van der Waals surface area contributed by atoms with Crippen LogP contribution in [0.4, 0.5) is 13.2 Å². The predicted octanol–water partition coefficient (Wildman–Crippen LogP) is 5.01. The molecule has 2 N–H and O–H groups in total. The molecule has 0 atom stereocenters. The number of benzene rings is 2. The molecule has 0 saturated carbocycles. The van der Waals surface area contributed by atoms with Crippen LogP contribution >= 0.6 is 23.4 Å². The van der Waals surface area contributed by atoms with Crippen molar-refractivity contribution in [2.75, 3.05) is 6.54 Å². The van der Waals surface area contributed by atoms with Crippen LogP contribution in [0.5, 0.6) is 0 Å². The summed E-state index contributed by atoms with van der Waals surface area (Å²) in [6, 6.07) is 11.1. The second-order valence-electron chi connectivity index (χ2n) is 4.43. The van der Waals surface area contributed by atoms with Gasteiger partial charge < -0.3 is 5.73 Å². The summed E-state index contributed by atoms with van der Waals surface area (Å²) in [5.41, 5.74) is 5.34. The SMILES string of the molecule is NCCc1ccc(Sc2cccc(Cl)c2)c(C(F)(F)F)c1. The molecule has 112 valence electrons. The largest absolute Gasteiger partial charge is 0.417 e. The van der Waals surface area contributed by atoms with E-state index in [9.17, 15) is 13.2 Å². The molecule has 2 aromatic carbocycles. The highest BCUT2D eigenvalue weighted by atomic mass is 35.5. The molecule has 0 bridgehead atoms. The fourth-order valence-corrected chi connectivity index (χ4v) is 3.13. The molecular weight excluding hydrogens is 319 g/mol. The third-order valence-corrected chi connectivity index (χ3v) is 4.11. The second kappa shape index (κ2) is 6.73. The average Bonchev–Trinajstić information content (AvgIpc) is 2.39. The van der Waals surface area contributed by atoms with Gasteiger partial charge in [-0.3, -0.25) is 0 Å². The minimum absolute atomic E-state index is 0.158. The van der Waals surface area contributed by atoms with Gasteiger partial charge in [-0.05, 0) is 48.9 Å². The molecule has 1 nitrogen and oxygen atoms in total. The van der Waals surface area contributed by atoms with E-state index in [1.807, 2.05) is 0 Å². The van der Waals surface area contributed by atoms with Crippen molar-refractivity contribution in [3.63, 3.8) is 0 Å². The summed E-state index contributed by atoms with van der Waals surface area (Å²) in [5, 5.41) is 0.494. The molecule has 0 aliphatic carbocycles. The molecule has 21 heavy (non-hydrogen) atoms. The Kier molecular flexibility index (Phi) is 5.19. The Morgan fingerprint density at radius 2 is 1.86 bits per heavy atom. The Morgan fingerprint density at radius 3 is 2.48 bits per heavy atom. The van der Waals surface area contributed by atoms with Gasteiger partial charge in [0.15, 0.2) is 0 Å². The molecule has 0 saturated heterocycles. The summed E-state index contributed by atoms with van der Waals surface area (Å²) in [6.07, 6.45) is -3.98. The molecule has 2 rings (SSSR count). The van der Waals surface area contributed by atoms with Gasteiger partial charge in [-0.1, -0.05) is 35.5 Å². The number of nitrogens with two attached hydrogens (primary N) is 1. The fourth-order valence-electron chi connectivity index (χ4n) is 1.87. The maximum absolute atomic E-state index is 13.2. The zero-order valence-electron chi connectivity index (χ0n) is 11.0. The van der Waals surface area contributed by atoms with Crippen molar-refractivity contribution < 1.29 is 13.2 Å². The first-order chi connectivity index (χ1) is 9.90. The van der Waals surface area contributed by atoms with Crippen molar-refractivity contribution in [2.45, 2.75) is 22.4 Å². The Balaban J connectivity index is 2.38. The van der Waals surface area contributed by atoms with Crippen molar-refractivity contribution in [1.82, 2.24) is 0 Å². The summed E-state index contributed by atoms with van der Waals surface area (Å²) < 4.78 is 39.5. The number of alkyl halides is 3. The fraction of sp³-hybridized carbons (Fsp3) is 0.200. The van der Waals surface area contributed by atoms with Crippen LogP contribution in [0.25, 0.3) is 0 Å². The maximum atomic E-state index is 13.2. The van der Waals surface area contributed by atoms with Gasteiger partial charge in [0, 0.05) is 14.8 Å². The molecule has 6 heteroatoms. The highest BCUT2D eigenvalue weighted by Crippen LogP contribution is 2.40. The van der Waals surface area contributed by atoms with Crippen LogP contribution in [0, 0.1) is 0 Å². The summed E-state index contributed by atoms with van der Waals surface area (Å²) in [6.45, 7) is 0.318. The van der Waals surface area contributed by atoms with E-state index in [0.717, 1.165) is 11.8 Å². The summed E-state index contributed by atoms with van der Waals surface area (Å²) >= 11 is 6.90. The van der Waals surface area contributed by atoms with Crippen LogP contribution in [-0.2, 0) is 12.6 Å². The molecule has 0 radical (unpaired) electrons. The Bertz CT molecular complexity index is 629. The van der Waals surface area contributed by atoms with Crippen molar-refractivity contribution >= 4 is 23.4 Å². The van der Waals surface area contributed by atoms with E-state index in [-0.39, 0.29) is 4.90 Å². The molecule has 0 heterocycles. The van der Waals surface area contributed by atoms with Gasteiger partial charge in [0.25, 0.3) is 0 Å². The van der Waals surface area contributed by atoms with Crippen molar-refractivity contribution in [3.05, 3.63) is 58.6 Å². The zero-order chi connectivity index (χ0) is 15.5. The van der Waals surface area contributed by atoms with Gasteiger partial charge in [0.05, 0.1) is 5.56 Å². The smallest absolute Gasteiger partial charge is 0.330 e. The van der Waals surface area contributed by atoms with Gasteiger partial charge in [-0.2, -0.15) is 13.2 Å². The lowest BCUT2D eigenvalue weighted by Gasteiger charge is -2.14. The predicted molar refractivity (Wildman–Crippen MR) is 79.8 cm³/mol. The molecular formula is C15H13ClF3NS. The molecule has 0 aliphatic rings. The molecule has 0 unspecified atom stereocenters. The average molecular weight is 332 g/mol. The minimum atomic E-state index is -4.40. The van der Waals surface area contributed by atoms with Gasteiger partial charge >= 0.3 is 6.18 Å². The van der Waals surface area contributed by atoms with Crippen LogP contribution in [0.1, 0.15) is 11.1 Å². The Labute approximate surface area is 130 Å². The maximum Gasteiger partial charge on any atom is 0.417 e. The number of rotatable bonds is 4. The van der Waals surface area contributed by atoms with E-state index >= 15 is 0 Å². The molecule has 0 spiro atoms. The monoisotopic (exact) mass is 331 g/mol. The van der Waals surface area contributed by atoms with Crippen LogP contribution in [0.3, 0.4) is 0 Å². The van der Waals surface area contributed by atoms with E-state index in [2.05, 4.69) is 0 Å². The quantitative estimate of drug-likeness (QED) is 0.852. The zero-order valence-corrected chi connectivity index (χ0v) is 12.5. The topological polar surface area (TPSA) is 26.0 Å². The lowest BCUT2D eigenvalue weighted by atomic mass is 10.1. The summed E-state index contributed by atoms with van der Waals surface area (Å²) in [4.78, 5) is 0.824. The van der Waals surface area contributed by atoms with Crippen LogP contribution < -0.4 is 5.73 Å². The van der Waals surface area contributed by atoms with E-state index in [1.165, 1.54) is 12.1 Å². The molecule has 0 aromatic heterocycles. The number of hydrogen-bond donors (Lipinski definition) is 1. The standard InChI is InChI=1S/C15H13ClF3NS/c16-11-2-1-3-12(9-11)21-14-5-4-10(6-7-20)8-13(14)15(17,18)19/h1-5,8-9H,6-7,20H2. The van der Waals surface area contributed by atoms with Gasteiger partial charge in [0.1, 0.15) is 0 Å².